The van der Waals surface area contributed by atoms with Gasteiger partial charge in [0.15, 0.2) is 0 Å². The Kier molecular flexibility index (Phi) is 3.45. The molecule has 1 aliphatic carbocycles. The van der Waals surface area contributed by atoms with Crippen LogP contribution in [0.25, 0.3) is 0 Å². The highest BCUT2D eigenvalue weighted by Crippen LogP contribution is 2.30. The van der Waals surface area contributed by atoms with E-state index in [0.29, 0.717) is 12.1 Å². The summed E-state index contributed by atoms with van der Waals surface area (Å²) in [6, 6.07) is 1.04. The molecule has 82 valence electrons. The van der Waals surface area contributed by atoms with Gasteiger partial charge in [-0.15, -0.1) is 0 Å². The van der Waals surface area contributed by atoms with Crippen molar-refractivity contribution in [2.24, 2.45) is 11.7 Å². The van der Waals surface area contributed by atoms with Gasteiger partial charge in [0.2, 0.25) is 0 Å². The largest absolute Gasteiger partial charge is 0.326 e. The number of hydrogen-bond donors (Lipinski definition) is 1. The van der Waals surface area contributed by atoms with Gasteiger partial charge in [-0.2, -0.15) is 0 Å². The van der Waals surface area contributed by atoms with Crippen LogP contribution in [0.5, 0.6) is 0 Å². The molecule has 1 saturated carbocycles. The van der Waals surface area contributed by atoms with E-state index < -0.39 is 0 Å². The summed E-state index contributed by atoms with van der Waals surface area (Å²) >= 11 is 0. The molecule has 0 spiro atoms. The van der Waals surface area contributed by atoms with E-state index in [4.69, 9.17) is 5.73 Å². The smallest absolute Gasteiger partial charge is 0.0218 e. The first kappa shape index (κ1) is 10.4. The summed E-state index contributed by atoms with van der Waals surface area (Å²) in [7, 11) is 0. The van der Waals surface area contributed by atoms with Gasteiger partial charge < -0.3 is 5.73 Å². The monoisotopic (exact) mass is 196 g/mol. The van der Waals surface area contributed by atoms with Crippen molar-refractivity contribution in [2.75, 3.05) is 13.1 Å². The van der Waals surface area contributed by atoms with Crippen LogP contribution in [-0.2, 0) is 0 Å². The van der Waals surface area contributed by atoms with E-state index in [0.717, 1.165) is 5.92 Å². The topological polar surface area (TPSA) is 29.3 Å². The van der Waals surface area contributed by atoms with E-state index in [1.165, 1.54) is 51.6 Å². The summed E-state index contributed by atoms with van der Waals surface area (Å²) in [5, 5.41) is 0. The van der Waals surface area contributed by atoms with Gasteiger partial charge in [-0.3, -0.25) is 4.90 Å². The lowest BCUT2D eigenvalue weighted by molar-refractivity contribution is 0.122. The molecule has 0 aromatic carbocycles. The lowest BCUT2D eigenvalue weighted by Gasteiger charge is -2.39. The van der Waals surface area contributed by atoms with Crippen molar-refractivity contribution in [2.45, 2.75) is 57.5 Å². The van der Waals surface area contributed by atoms with Gasteiger partial charge in [0, 0.05) is 12.1 Å². The maximum Gasteiger partial charge on any atom is 0.0218 e. The summed E-state index contributed by atoms with van der Waals surface area (Å²) in [5.41, 5.74) is 6.08. The minimum Gasteiger partial charge on any atom is -0.326 e. The zero-order chi connectivity index (χ0) is 9.97. The van der Waals surface area contributed by atoms with Crippen LogP contribution in [0.4, 0.5) is 0 Å². The Labute approximate surface area is 87.8 Å². The maximum absolute atomic E-state index is 6.08. The molecule has 2 atom stereocenters. The minimum absolute atomic E-state index is 0.421. The average molecular weight is 196 g/mol. The van der Waals surface area contributed by atoms with Crippen LogP contribution in [0.1, 0.15) is 45.4 Å². The molecule has 1 aliphatic heterocycles. The van der Waals surface area contributed by atoms with Crippen LogP contribution in [0, 0.1) is 5.92 Å². The van der Waals surface area contributed by atoms with Crippen LogP contribution < -0.4 is 5.73 Å². The van der Waals surface area contributed by atoms with Crippen molar-refractivity contribution in [3.63, 3.8) is 0 Å². The Morgan fingerprint density at radius 2 is 2.00 bits per heavy atom. The fourth-order valence-corrected chi connectivity index (χ4v) is 2.69. The Hall–Kier alpha value is -0.0800. The highest BCUT2D eigenvalue weighted by atomic mass is 15.2. The molecular formula is C12H24N2. The van der Waals surface area contributed by atoms with Crippen LogP contribution in [0.3, 0.4) is 0 Å². The molecule has 14 heavy (non-hydrogen) atoms. The number of likely N-dealkylation sites (tertiary alicyclic amines) is 1. The number of piperidine rings is 1. The van der Waals surface area contributed by atoms with Crippen molar-refractivity contribution >= 4 is 0 Å². The predicted octanol–water partition coefficient (Wildman–Crippen LogP) is 1.99. The lowest BCUT2D eigenvalue weighted by atomic mass is 9.82. The lowest BCUT2D eigenvalue weighted by Crippen LogP contribution is -2.50. The highest BCUT2D eigenvalue weighted by molar-refractivity contribution is 4.84. The van der Waals surface area contributed by atoms with Crippen molar-refractivity contribution in [1.29, 1.82) is 0 Å². The summed E-state index contributed by atoms with van der Waals surface area (Å²) in [4.78, 5) is 2.60. The first-order valence-electron chi connectivity index (χ1n) is 6.27. The van der Waals surface area contributed by atoms with Crippen LogP contribution in [0.2, 0.25) is 0 Å². The fourth-order valence-electron chi connectivity index (χ4n) is 2.69. The molecule has 2 fully saturated rings. The molecule has 2 unspecified atom stereocenters. The van der Waals surface area contributed by atoms with E-state index >= 15 is 0 Å². The van der Waals surface area contributed by atoms with E-state index in [2.05, 4.69) is 11.8 Å². The van der Waals surface area contributed by atoms with E-state index in [9.17, 15) is 0 Å². The third-order valence-corrected chi connectivity index (χ3v) is 4.23. The summed E-state index contributed by atoms with van der Waals surface area (Å²) in [6.45, 7) is 4.87. The Bertz CT molecular complexity index is 177. The van der Waals surface area contributed by atoms with Gasteiger partial charge in [0.05, 0.1) is 0 Å². The summed E-state index contributed by atoms with van der Waals surface area (Å²) in [5.74, 6) is 1.04. The Balaban J connectivity index is 1.72. The van der Waals surface area contributed by atoms with Gasteiger partial charge in [0.25, 0.3) is 0 Å². The van der Waals surface area contributed by atoms with Crippen LogP contribution >= 0.6 is 0 Å². The molecule has 2 nitrogen and oxygen atoms in total. The minimum atomic E-state index is 0.421. The molecule has 0 aromatic rings. The SMILES string of the molecule is CC1C(N)CCCN1CCC1CCC1. The molecule has 2 aliphatic rings. The zero-order valence-electron chi connectivity index (χ0n) is 9.41. The second-order valence-corrected chi connectivity index (χ2v) is 5.17. The van der Waals surface area contributed by atoms with Gasteiger partial charge in [-0.25, -0.2) is 0 Å². The molecule has 1 heterocycles. The standard InChI is InChI=1S/C12H24N2/c1-10-12(13)6-3-8-14(10)9-7-11-4-2-5-11/h10-12H,2-9,13H2,1H3. The van der Waals surface area contributed by atoms with Crippen molar-refractivity contribution in [3.8, 4) is 0 Å². The molecule has 2 rings (SSSR count). The zero-order valence-corrected chi connectivity index (χ0v) is 9.41. The average Bonchev–Trinajstić information content (AvgIpc) is 2.09. The van der Waals surface area contributed by atoms with Crippen LogP contribution in [-0.4, -0.2) is 30.1 Å². The molecule has 1 saturated heterocycles. The summed E-state index contributed by atoms with van der Waals surface area (Å²) < 4.78 is 0. The van der Waals surface area contributed by atoms with Crippen molar-refractivity contribution in [3.05, 3.63) is 0 Å². The van der Waals surface area contributed by atoms with E-state index in [1.807, 2.05) is 0 Å². The third kappa shape index (κ3) is 2.29. The normalized spacial score (nSPS) is 35.6. The number of hydrogen-bond acceptors (Lipinski definition) is 2. The maximum atomic E-state index is 6.08. The van der Waals surface area contributed by atoms with Crippen molar-refractivity contribution in [1.82, 2.24) is 4.90 Å². The van der Waals surface area contributed by atoms with Crippen molar-refractivity contribution < 1.29 is 0 Å². The van der Waals surface area contributed by atoms with E-state index in [1.54, 1.807) is 0 Å². The Morgan fingerprint density at radius 3 is 2.64 bits per heavy atom. The number of nitrogens with two attached hydrogens (primary N) is 1. The Morgan fingerprint density at radius 1 is 1.21 bits per heavy atom. The second kappa shape index (κ2) is 4.63. The molecule has 0 bridgehead atoms. The predicted molar refractivity (Wildman–Crippen MR) is 60.2 cm³/mol. The summed E-state index contributed by atoms with van der Waals surface area (Å²) in [6.07, 6.45) is 8.37. The highest BCUT2D eigenvalue weighted by Gasteiger charge is 2.26. The second-order valence-electron chi connectivity index (χ2n) is 5.17. The van der Waals surface area contributed by atoms with Gasteiger partial charge in [-0.1, -0.05) is 19.3 Å². The number of nitrogens with zero attached hydrogens (tertiary/aromatic N) is 1. The molecule has 2 heteroatoms. The molecule has 0 aromatic heterocycles. The molecule has 0 radical (unpaired) electrons. The molecule has 2 N–H and O–H groups in total. The quantitative estimate of drug-likeness (QED) is 0.748. The fraction of sp³-hybridized carbons (Fsp3) is 1.00. The molecular weight excluding hydrogens is 172 g/mol. The van der Waals surface area contributed by atoms with Crippen LogP contribution in [0.15, 0.2) is 0 Å². The molecule has 0 amide bonds. The van der Waals surface area contributed by atoms with Gasteiger partial charge >= 0.3 is 0 Å². The van der Waals surface area contributed by atoms with Gasteiger partial charge in [0.1, 0.15) is 0 Å². The first-order valence-corrected chi connectivity index (χ1v) is 6.27. The number of rotatable bonds is 3. The first-order chi connectivity index (χ1) is 6.77. The third-order valence-electron chi connectivity index (χ3n) is 4.23. The van der Waals surface area contributed by atoms with Gasteiger partial charge in [-0.05, 0) is 45.2 Å². The van der Waals surface area contributed by atoms with E-state index in [-0.39, 0.29) is 0 Å².